The maximum Gasteiger partial charge on any atom is 0.274 e. The third-order valence-corrected chi connectivity index (χ3v) is 6.67. The van der Waals surface area contributed by atoms with E-state index in [9.17, 15) is 14.9 Å². The number of carbonyl (C=O) groups is 1. The summed E-state index contributed by atoms with van der Waals surface area (Å²) in [7, 11) is 0. The molecule has 0 radical (unpaired) electrons. The summed E-state index contributed by atoms with van der Waals surface area (Å²) in [6.07, 6.45) is 7.28. The molecule has 1 aromatic carbocycles. The van der Waals surface area contributed by atoms with Gasteiger partial charge in [0.05, 0.1) is 16.7 Å². The fourth-order valence-corrected chi connectivity index (χ4v) is 5.00. The van der Waals surface area contributed by atoms with E-state index in [0.29, 0.717) is 17.4 Å². The van der Waals surface area contributed by atoms with Gasteiger partial charge in [0.15, 0.2) is 5.13 Å². The van der Waals surface area contributed by atoms with Crippen LogP contribution in [-0.2, 0) is 6.54 Å². The number of amides is 1. The molecule has 0 unspecified atom stereocenters. The highest BCUT2D eigenvalue weighted by molar-refractivity contribution is 7.14. The number of nitrogens with zero attached hydrogens (tertiary/aromatic N) is 5. The summed E-state index contributed by atoms with van der Waals surface area (Å²) in [4.78, 5) is 34.4. The average molecular weight is 475 g/mol. The van der Waals surface area contributed by atoms with Crippen LogP contribution in [0.1, 0.15) is 40.6 Å². The molecule has 34 heavy (non-hydrogen) atoms. The van der Waals surface area contributed by atoms with Crippen molar-refractivity contribution in [3.05, 3.63) is 99.6 Å². The zero-order valence-electron chi connectivity index (χ0n) is 18.2. The van der Waals surface area contributed by atoms with Crippen molar-refractivity contribution in [2.45, 2.75) is 25.4 Å². The highest BCUT2D eigenvalue weighted by Crippen LogP contribution is 2.37. The van der Waals surface area contributed by atoms with Gasteiger partial charge in [-0.05, 0) is 54.8 Å². The van der Waals surface area contributed by atoms with Gasteiger partial charge in [-0.3, -0.25) is 25.2 Å². The molecule has 10 heteroatoms. The van der Waals surface area contributed by atoms with E-state index < -0.39 is 4.92 Å². The second kappa shape index (κ2) is 9.44. The van der Waals surface area contributed by atoms with E-state index in [4.69, 9.17) is 4.98 Å². The molecule has 3 aromatic heterocycles. The van der Waals surface area contributed by atoms with Crippen LogP contribution in [0.3, 0.4) is 0 Å². The van der Waals surface area contributed by atoms with Crippen molar-refractivity contribution < 1.29 is 9.72 Å². The Kier molecular flexibility index (Phi) is 6.05. The normalized spacial score (nSPS) is 15.4. The first kappa shape index (κ1) is 21.8. The summed E-state index contributed by atoms with van der Waals surface area (Å²) in [6, 6.07) is 14.2. The number of hydrogen-bond acceptors (Lipinski definition) is 7. The van der Waals surface area contributed by atoms with Crippen LogP contribution >= 0.6 is 11.3 Å². The van der Waals surface area contributed by atoms with Crippen LogP contribution in [-0.4, -0.2) is 31.9 Å². The number of pyridine rings is 1. The quantitative estimate of drug-likeness (QED) is 0.302. The lowest BCUT2D eigenvalue weighted by Gasteiger charge is -2.25. The van der Waals surface area contributed by atoms with Gasteiger partial charge < -0.3 is 9.47 Å². The Morgan fingerprint density at radius 1 is 1.18 bits per heavy atom. The van der Waals surface area contributed by atoms with Crippen molar-refractivity contribution >= 4 is 33.8 Å². The van der Waals surface area contributed by atoms with Crippen LogP contribution in [0.2, 0.25) is 0 Å². The second-order valence-corrected chi connectivity index (χ2v) is 8.89. The molecule has 1 aliphatic rings. The minimum Gasteiger partial charge on any atom is -0.363 e. The highest BCUT2D eigenvalue weighted by Gasteiger charge is 2.29. The van der Waals surface area contributed by atoms with Crippen LogP contribution in [0.15, 0.2) is 72.5 Å². The molecule has 0 aliphatic carbocycles. The van der Waals surface area contributed by atoms with Crippen LogP contribution in [0, 0.1) is 10.1 Å². The number of nitrogens with one attached hydrogen (secondary N) is 1. The van der Waals surface area contributed by atoms with Gasteiger partial charge in [-0.25, -0.2) is 4.98 Å². The number of carbonyl (C=O) groups excluding carboxylic acids is 1. The molecule has 4 heterocycles. The van der Waals surface area contributed by atoms with Crippen molar-refractivity contribution in [1.29, 1.82) is 0 Å². The molecule has 9 nitrogen and oxygen atoms in total. The number of hydrogen-bond donors (Lipinski definition) is 1. The number of nitro benzene ring substituents is 1. The Morgan fingerprint density at radius 2 is 1.97 bits per heavy atom. The maximum absolute atomic E-state index is 12.9. The van der Waals surface area contributed by atoms with Crippen molar-refractivity contribution in [1.82, 2.24) is 14.5 Å². The summed E-state index contributed by atoms with van der Waals surface area (Å²) in [6.45, 7) is 1.43. The third kappa shape index (κ3) is 4.53. The fraction of sp³-hybridized carbons (Fsp3) is 0.208. The summed E-state index contributed by atoms with van der Waals surface area (Å²) in [5, 5.41) is 16.4. The SMILES string of the molecule is O=C(Nc1nc([C@H]2CCCN2c2ccc([N+](=O)[O-])cc2)cs1)c1cccn1Cc1ccncc1. The Hall–Kier alpha value is -4.05. The van der Waals surface area contributed by atoms with Gasteiger partial charge in [-0.1, -0.05) is 0 Å². The van der Waals surface area contributed by atoms with Crippen LogP contribution in [0.25, 0.3) is 0 Å². The molecule has 172 valence electrons. The number of anilines is 2. The number of thiazole rings is 1. The molecule has 0 bridgehead atoms. The molecule has 1 saturated heterocycles. The third-order valence-electron chi connectivity index (χ3n) is 5.89. The summed E-state index contributed by atoms with van der Waals surface area (Å²) >= 11 is 1.40. The molecule has 1 aliphatic heterocycles. The molecule has 0 spiro atoms. The maximum atomic E-state index is 12.9. The molecular weight excluding hydrogens is 452 g/mol. The lowest BCUT2D eigenvalue weighted by molar-refractivity contribution is -0.384. The van der Waals surface area contributed by atoms with Gasteiger partial charge in [0.2, 0.25) is 0 Å². The van der Waals surface area contributed by atoms with Gasteiger partial charge >= 0.3 is 0 Å². The van der Waals surface area contributed by atoms with Crippen molar-refractivity contribution in [3.8, 4) is 0 Å². The summed E-state index contributed by atoms with van der Waals surface area (Å²) < 4.78 is 1.90. The topological polar surface area (TPSA) is 106 Å². The van der Waals surface area contributed by atoms with Gasteiger partial charge in [-0.15, -0.1) is 11.3 Å². The fourth-order valence-electron chi connectivity index (χ4n) is 4.25. The lowest BCUT2D eigenvalue weighted by Crippen LogP contribution is -2.23. The highest BCUT2D eigenvalue weighted by atomic mass is 32.1. The van der Waals surface area contributed by atoms with Crippen molar-refractivity contribution in [2.75, 3.05) is 16.8 Å². The molecule has 1 amide bonds. The van der Waals surface area contributed by atoms with E-state index in [1.165, 1.54) is 23.5 Å². The molecule has 5 rings (SSSR count). The largest absolute Gasteiger partial charge is 0.363 e. The Labute approximate surface area is 199 Å². The number of benzene rings is 1. The average Bonchev–Trinajstić information content (AvgIpc) is 3.60. The monoisotopic (exact) mass is 474 g/mol. The number of rotatable bonds is 7. The van der Waals surface area contributed by atoms with E-state index in [2.05, 4.69) is 15.2 Å². The minimum absolute atomic E-state index is 0.0684. The van der Waals surface area contributed by atoms with Crippen LogP contribution < -0.4 is 10.2 Å². The second-order valence-electron chi connectivity index (χ2n) is 8.03. The number of non-ortho nitro benzene ring substituents is 1. The van der Waals surface area contributed by atoms with Crippen LogP contribution in [0.5, 0.6) is 0 Å². The first-order chi connectivity index (χ1) is 16.6. The minimum atomic E-state index is -0.395. The molecule has 1 N–H and O–H groups in total. The van der Waals surface area contributed by atoms with E-state index in [0.717, 1.165) is 36.3 Å². The van der Waals surface area contributed by atoms with Gasteiger partial charge in [0, 0.05) is 54.9 Å². The predicted molar refractivity (Wildman–Crippen MR) is 130 cm³/mol. The summed E-state index contributed by atoms with van der Waals surface area (Å²) in [5.74, 6) is -0.210. The molecule has 1 atom stereocenters. The van der Waals surface area contributed by atoms with E-state index >= 15 is 0 Å². The van der Waals surface area contributed by atoms with Gasteiger partial charge in [0.25, 0.3) is 11.6 Å². The molecule has 4 aromatic rings. The number of aromatic nitrogens is 3. The molecule has 0 saturated carbocycles. The Balaban J connectivity index is 1.28. The van der Waals surface area contributed by atoms with Crippen molar-refractivity contribution in [2.24, 2.45) is 0 Å². The Morgan fingerprint density at radius 3 is 2.74 bits per heavy atom. The molecular formula is C24H22N6O3S. The first-order valence-corrected chi connectivity index (χ1v) is 11.8. The zero-order chi connectivity index (χ0) is 23.5. The van der Waals surface area contributed by atoms with Gasteiger partial charge in [0.1, 0.15) is 5.69 Å². The van der Waals surface area contributed by atoms with Crippen molar-refractivity contribution in [3.63, 3.8) is 0 Å². The summed E-state index contributed by atoms with van der Waals surface area (Å²) in [5.41, 5.74) is 3.52. The Bertz CT molecular complexity index is 1300. The van der Waals surface area contributed by atoms with Gasteiger partial charge in [-0.2, -0.15) is 0 Å². The number of nitro groups is 1. The van der Waals surface area contributed by atoms with E-state index in [1.54, 1.807) is 30.6 Å². The smallest absolute Gasteiger partial charge is 0.274 e. The predicted octanol–water partition coefficient (Wildman–Crippen LogP) is 4.89. The zero-order valence-corrected chi connectivity index (χ0v) is 19.0. The van der Waals surface area contributed by atoms with E-state index in [1.807, 2.05) is 34.3 Å². The van der Waals surface area contributed by atoms with Crippen LogP contribution in [0.4, 0.5) is 16.5 Å². The lowest BCUT2D eigenvalue weighted by atomic mass is 10.1. The standard InChI is InChI=1S/C24H22N6O3S/c31-23(22-4-1-13-28(22)15-17-9-11-25-12-10-17)27-24-26-20(16-34-24)21-3-2-14-29(21)18-5-7-19(8-6-18)30(32)33/h1,4-13,16,21H,2-3,14-15H2,(H,26,27,31)/t21-/m1/s1. The molecule has 1 fully saturated rings. The van der Waals surface area contributed by atoms with E-state index in [-0.39, 0.29) is 17.6 Å². The first-order valence-electron chi connectivity index (χ1n) is 10.9.